The van der Waals surface area contributed by atoms with Gasteiger partial charge in [-0.25, -0.2) is 14.4 Å². The molecular weight excluding hydrogens is 561 g/mol. The molecule has 0 saturated carbocycles. The molecule has 0 aliphatic carbocycles. The third kappa shape index (κ3) is 4.73. The van der Waals surface area contributed by atoms with E-state index in [1.807, 2.05) is 0 Å². The normalized spacial score (nSPS) is 19.2. The van der Waals surface area contributed by atoms with Crippen LogP contribution >= 0.6 is 27.5 Å². The van der Waals surface area contributed by atoms with E-state index >= 15 is 0 Å². The topological polar surface area (TPSA) is 89.4 Å². The Kier molecular flexibility index (Phi) is 6.91. The lowest BCUT2D eigenvalue weighted by molar-refractivity contribution is -0.134. The zero-order valence-corrected chi connectivity index (χ0v) is 21.9. The van der Waals surface area contributed by atoms with Gasteiger partial charge >= 0.3 is 6.55 Å². The van der Waals surface area contributed by atoms with Crippen molar-refractivity contribution in [3.63, 3.8) is 0 Å². The molecule has 1 aliphatic rings. The number of halogens is 5. The molecule has 36 heavy (non-hydrogen) atoms. The van der Waals surface area contributed by atoms with Crippen molar-refractivity contribution in [1.29, 1.82) is 0 Å². The molecule has 2 N–H and O–H groups in total. The number of rotatable bonds is 7. The van der Waals surface area contributed by atoms with Gasteiger partial charge in [-0.1, -0.05) is 45.7 Å². The zero-order valence-electron chi connectivity index (χ0n) is 19.6. The molecule has 0 spiro atoms. The van der Waals surface area contributed by atoms with Gasteiger partial charge in [0.1, 0.15) is 12.0 Å². The van der Waals surface area contributed by atoms with Crippen molar-refractivity contribution in [2.24, 2.45) is 10.7 Å². The van der Waals surface area contributed by atoms with Crippen LogP contribution in [0, 0.1) is 0 Å². The fraction of sp³-hybridized carbons (Fsp3) is 0.333. The molecule has 4 rings (SSSR count). The Morgan fingerprint density at radius 2 is 1.86 bits per heavy atom. The number of aliphatic imine (C=N–C) groups is 1. The molecular formula is C24H23BrClF3N6O. The maximum Gasteiger partial charge on any atom is 0.335 e. The Morgan fingerprint density at radius 3 is 2.47 bits per heavy atom. The van der Waals surface area contributed by atoms with E-state index in [9.17, 15) is 18.0 Å². The minimum Gasteiger partial charge on any atom is -0.369 e. The Morgan fingerprint density at radius 1 is 1.19 bits per heavy atom. The van der Waals surface area contributed by atoms with Gasteiger partial charge in [-0.3, -0.25) is 9.69 Å². The standard InChI is InChI=1S/C24H23BrClF3N6O/c1-13(14-4-9-18(26)17(10-14)19-31-12-32-35(19)21(27)28)34-20(36)24(33-22(34)30,11-23(2,3)29)15-5-7-16(25)8-6-15/h4-10,12-13,21H,11H2,1-3H3,(H2,30,33)/t13-,24+/m0/s1. The second kappa shape index (κ2) is 9.51. The second-order valence-corrected chi connectivity index (χ2v) is 10.5. The summed E-state index contributed by atoms with van der Waals surface area (Å²) >= 11 is 9.67. The first kappa shape index (κ1) is 26.2. The Bertz CT molecular complexity index is 1320. The average molecular weight is 584 g/mol. The largest absolute Gasteiger partial charge is 0.369 e. The summed E-state index contributed by atoms with van der Waals surface area (Å²) in [6, 6.07) is 10.9. The SMILES string of the molecule is C[C@@H](c1ccc(Cl)c(-c2ncnn2C(F)F)c1)N1C(=O)[C@@](CC(C)(C)F)(c2ccc(Br)cc2)N=C1N. The van der Waals surface area contributed by atoms with Crippen molar-refractivity contribution < 1.29 is 18.0 Å². The number of nitrogens with two attached hydrogens (primary N) is 1. The lowest BCUT2D eigenvalue weighted by Crippen LogP contribution is -2.46. The minimum absolute atomic E-state index is 0.0769. The van der Waals surface area contributed by atoms with Gasteiger partial charge in [0.25, 0.3) is 5.91 Å². The van der Waals surface area contributed by atoms with E-state index in [4.69, 9.17) is 17.3 Å². The summed E-state index contributed by atoms with van der Waals surface area (Å²) in [5, 5.41) is 3.74. The highest BCUT2D eigenvalue weighted by Gasteiger charge is 2.53. The van der Waals surface area contributed by atoms with Crippen LogP contribution in [0.2, 0.25) is 5.02 Å². The van der Waals surface area contributed by atoms with Crippen LogP contribution in [-0.4, -0.2) is 37.2 Å². The van der Waals surface area contributed by atoms with Crippen LogP contribution in [0.3, 0.4) is 0 Å². The molecule has 0 fully saturated rings. The van der Waals surface area contributed by atoms with Crippen molar-refractivity contribution in [3.8, 4) is 11.4 Å². The molecule has 7 nitrogen and oxygen atoms in total. The Labute approximate surface area is 219 Å². The summed E-state index contributed by atoms with van der Waals surface area (Å²) in [4.78, 5) is 23.7. The molecule has 1 amide bonds. The molecule has 0 saturated heterocycles. The highest BCUT2D eigenvalue weighted by atomic mass is 79.9. The van der Waals surface area contributed by atoms with Crippen LogP contribution in [0.1, 0.15) is 50.9 Å². The number of carbonyl (C=O) groups excluding carboxylic acids is 1. The number of aromatic nitrogens is 3. The first-order chi connectivity index (χ1) is 16.8. The van der Waals surface area contributed by atoms with E-state index < -0.39 is 29.7 Å². The van der Waals surface area contributed by atoms with Gasteiger partial charge in [-0.15, -0.1) is 0 Å². The number of alkyl halides is 3. The molecule has 2 atom stereocenters. The molecule has 0 radical (unpaired) electrons. The fourth-order valence-electron chi connectivity index (χ4n) is 4.42. The molecule has 3 aromatic rings. The van der Waals surface area contributed by atoms with Crippen molar-refractivity contribution in [2.45, 2.75) is 51.0 Å². The minimum atomic E-state index is -2.92. The maximum absolute atomic E-state index is 15.0. The maximum atomic E-state index is 15.0. The number of nitrogens with zero attached hydrogens (tertiary/aromatic N) is 5. The van der Waals surface area contributed by atoms with E-state index in [0.29, 0.717) is 15.8 Å². The van der Waals surface area contributed by atoms with Gasteiger partial charge in [0.15, 0.2) is 17.3 Å². The average Bonchev–Trinajstić information content (AvgIpc) is 3.37. The predicted octanol–water partition coefficient (Wildman–Crippen LogP) is 6.01. The number of hydrogen-bond acceptors (Lipinski definition) is 5. The van der Waals surface area contributed by atoms with Gasteiger partial charge in [0, 0.05) is 16.5 Å². The third-order valence-corrected chi connectivity index (χ3v) is 6.84. The Hall–Kier alpha value is -2.92. The number of hydrogen-bond donors (Lipinski definition) is 1. The van der Waals surface area contributed by atoms with E-state index in [1.54, 1.807) is 43.3 Å². The summed E-state index contributed by atoms with van der Waals surface area (Å²) in [5.74, 6) is -0.693. The lowest BCUT2D eigenvalue weighted by Gasteiger charge is -2.32. The third-order valence-electron chi connectivity index (χ3n) is 5.98. The van der Waals surface area contributed by atoms with Crippen molar-refractivity contribution in [2.75, 3.05) is 0 Å². The highest BCUT2D eigenvalue weighted by Crippen LogP contribution is 2.44. The van der Waals surface area contributed by atoms with Gasteiger partial charge in [-0.05, 0) is 56.2 Å². The first-order valence-corrected chi connectivity index (χ1v) is 12.1. The quantitative estimate of drug-likeness (QED) is 0.369. The van der Waals surface area contributed by atoms with E-state index in [1.165, 1.54) is 24.8 Å². The van der Waals surface area contributed by atoms with Crippen LogP contribution in [0.5, 0.6) is 0 Å². The molecule has 1 aromatic heterocycles. The van der Waals surface area contributed by atoms with E-state index in [-0.39, 0.29) is 28.8 Å². The van der Waals surface area contributed by atoms with Gasteiger partial charge < -0.3 is 5.73 Å². The van der Waals surface area contributed by atoms with Crippen molar-refractivity contribution in [1.82, 2.24) is 19.7 Å². The number of amides is 1. The molecule has 2 heterocycles. The van der Waals surface area contributed by atoms with Gasteiger partial charge in [-0.2, -0.15) is 18.6 Å². The van der Waals surface area contributed by atoms with Crippen LogP contribution in [-0.2, 0) is 10.3 Å². The van der Waals surface area contributed by atoms with Crippen LogP contribution in [0.25, 0.3) is 11.4 Å². The van der Waals surface area contributed by atoms with Crippen molar-refractivity contribution >= 4 is 39.4 Å². The predicted molar refractivity (Wildman–Crippen MR) is 134 cm³/mol. The molecule has 12 heteroatoms. The molecule has 190 valence electrons. The van der Waals surface area contributed by atoms with Crippen LogP contribution < -0.4 is 5.73 Å². The molecule has 0 bridgehead atoms. The Balaban J connectivity index is 1.76. The second-order valence-electron chi connectivity index (χ2n) is 9.13. The van der Waals surface area contributed by atoms with Gasteiger partial charge in [0.05, 0.1) is 11.1 Å². The smallest absolute Gasteiger partial charge is 0.335 e. The monoisotopic (exact) mass is 582 g/mol. The first-order valence-electron chi connectivity index (χ1n) is 11.0. The number of carbonyl (C=O) groups is 1. The summed E-state index contributed by atoms with van der Waals surface area (Å²) < 4.78 is 43.0. The number of guanidine groups is 1. The van der Waals surface area contributed by atoms with E-state index in [2.05, 4.69) is 31.0 Å². The summed E-state index contributed by atoms with van der Waals surface area (Å²) in [6.07, 6.45) is 0.779. The summed E-state index contributed by atoms with van der Waals surface area (Å²) in [7, 11) is 0. The van der Waals surface area contributed by atoms with Crippen LogP contribution in [0.4, 0.5) is 13.2 Å². The van der Waals surface area contributed by atoms with Crippen molar-refractivity contribution in [3.05, 3.63) is 69.4 Å². The van der Waals surface area contributed by atoms with Gasteiger partial charge in [0.2, 0.25) is 0 Å². The lowest BCUT2D eigenvalue weighted by atomic mass is 9.81. The molecule has 1 aliphatic heterocycles. The fourth-order valence-corrected chi connectivity index (χ4v) is 4.89. The van der Waals surface area contributed by atoms with Crippen LogP contribution in [0.15, 0.2) is 58.3 Å². The summed E-state index contributed by atoms with van der Waals surface area (Å²) in [5.41, 5.74) is 4.21. The summed E-state index contributed by atoms with van der Waals surface area (Å²) in [6.45, 7) is 1.55. The van der Waals surface area contributed by atoms with E-state index in [0.717, 1.165) is 10.8 Å². The molecule has 2 aromatic carbocycles. The molecule has 0 unspecified atom stereocenters. The number of benzene rings is 2. The highest BCUT2D eigenvalue weighted by molar-refractivity contribution is 9.10. The zero-order chi connectivity index (χ0) is 26.4.